The van der Waals surface area contributed by atoms with Gasteiger partial charge in [-0.2, -0.15) is 0 Å². The predicted octanol–water partition coefficient (Wildman–Crippen LogP) is 5.45. The second-order valence-electron chi connectivity index (χ2n) is 8.48. The van der Waals surface area contributed by atoms with Crippen LogP contribution in [0, 0.1) is 0 Å². The van der Waals surface area contributed by atoms with Crippen LogP contribution < -0.4 is 15.4 Å². The lowest BCUT2D eigenvalue weighted by atomic mass is 9.83. The Balaban J connectivity index is 1.25. The van der Waals surface area contributed by atoms with Gasteiger partial charge in [-0.15, -0.1) is 11.8 Å². The first-order valence-electron chi connectivity index (χ1n) is 11.7. The maximum absolute atomic E-state index is 13.1. The number of nitrogens with one attached hydrogen (secondary N) is 2. The molecular formula is C30H22N2O5S. The highest BCUT2D eigenvalue weighted by Gasteiger charge is 2.31. The summed E-state index contributed by atoms with van der Waals surface area (Å²) in [5.74, 6) is -0.489. The number of ketones is 2. The van der Waals surface area contributed by atoms with Gasteiger partial charge in [0.15, 0.2) is 11.6 Å². The Morgan fingerprint density at radius 2 is 1.47 bits per heavy atom. The molecule has 0 spiro atoms. The quantitative estimate of drug-likeness (QED) is 0.276. The summed E-state index contributed by atoms with van der Waals surface area (Å²) in [4.78, 5) is 52.3. The Hall–Kier alpha value is -4.69. The van der Waals surface area contributed by atoms with Crippen molar-refractivity contribution in [2.24, 2.45) is 0 Å². The molecule has 0 fully saturated rings. The van der Waals surface area contributed by atoms with Crippen LogP contribution in [0.4, 0.5) is 11.4 Å². The molecule has 0 atom stereocenters. The van der Waals surface area contributed by atoms with E-state index in [-0.39, 0.29) is 40.3 Å². The molecule has 1 aliphatic carbocycles. The molecule has 0 bridgehead atoms. The number of amides is 2. The summed E-state index contributed by atoms with van der Waals surface area (Å²) in [5.41, 5.74) is 2.53. The molecule has 0 aliphatic heterocycles. The molecule has 0 radical (unpaired) electrons. The van der Waals surface area contributed by atoms with Gasteiger partial charge >= 0.3 is 0 Å². The van der Waals surface area contributed by atoms with Gasteiger partial charge in [0.2, 0.25) is 5.91 Å². The summed E-state index contributed by atoms with van der Waals surface area (Å²) < 4.78 is 5.17. The molecule has 2 N–H and O–H groups in total. The molecule has 0 saturated heterocycles. The second-order valence-corrected chi connectivity index (χ2v) is 9.53. The topological polar surface area (TPSA) is 102 Å². The largest absolute Gasteiger partial charge is 0.497 e. The van der Waals surface area contributed by atoms with Gasteiger partial charge in [-0.1, -0.05) is 48.5 Å². The first-order valence-corrected chi connectivity index (χ1v) is 12.7. The van der Waals surface area contributed by atoms with Gasteiger partial charge in [0.25, 0.3) is 5.91 Å². The minimum absolute atomic E-state index is 0.0652. The zero-order valence-electron chi connectivity index (χ0n) is 20.3. The summed E-state index contributed by atoms with van der Waals surface area (Å²) in [7, 11) is 1.54. The van der Waals surface area contributed by atoms with Crippen LogP contribution in [0.1, 0.15) is 42.2 Å². The lowest BCUT2D eigenvalue weighted by molar-refractivity contribution is -0.113. The minimum Gasteiger partial charge on any atom is -0.497 e. The Morgan fingerprint density at radius 3 is 2.26 bits per heavy atom. The Bertz CT molecular complexity index is 1600. The molecule has 0 heterocycles. The number of hydrogen-bond donors (Lipinski definition) is 2. The Morgan fingerprint density at radius 1 is 0.763 bits per heavy atom. The fraction of sp³-hybridized carbons (Fsp3) is 0.0667. The van der Waals surface area contributed by atoms with Crippen LogP contribution in [0.2, 0.25) is 0 Å². The van der Waals surface area contributed by atoms with E-state index in [2.05, 4.69) is 10.6 Å². The van der Waals surface area contributed by atoms with E-state index in [1.807, 2.05) is 6.07 Å². The van der Waals surface area contributed by atoms with Gasteiger partial charge in [0.05, 0.1) is 24.1 Å². The number of benzene rings is 4. The van der Waals surface area contributed by atoms with Crippen LogP contribution >= 0.6 is 11.8 Å². The molecule has 0 saturated carbocycles. The van der Waals surface area contributed by atoms with Gasteiger partial charge < -0.3 is 15.4 Å². The van der Waals surface area contributed by atoms with Gasteiger partial charge in [0, 0.05) is 32.8 Å². The lowest BCUT2D eigenvalue weighted by Gasteiger charge is -2.20. The minimum atomic E-state index is -0.326. The first-order chi connectivity index (χ1) is 18.4. The van der Waals surface area contributed by atoms with Crippen molar-refractivity contribution in [3.63, 3.8) is 0 Å². The van der Waals surface area contributed by atoms with Crippen LogP contribution in [0.25, 0.3) is 0 Å². The van der Waals surface area contributed by atoms with Gasteiger partial charge in [-0.3, -0.25) is 19.2 Å². The van der Waals surface area contributed by atoms with Crippen molar-refractivity contribution >= 4 is 46.5 Å². The molecule has 8 heteroatoms. The van der Waals surface area contributed by atoms with Crippen molar-refractivity contribution in [2.75, 3.05) is 23.5 Å². The second kappa shape index (κ2) is 10.7. The van der Waals surface area contributed by atoms with Gasteiger partial charge in [-0.25, -0.2) is 0 Å². The molecule has 38 heavy (non-hydrogen) atoms. The lowest BCUT2D eigenvalue weighted by Crippen LogP contribution is -2.24. The highest BCUT2D eigenvalue weighted by Crippen LogP contribution is 2.32. The first kappa shape index (κ1) is 25.0. The summed E-state index contributed by atoms with van der Waals surface area (Å²) in [6.07, 6.45) is 0. The number of methoxy groups -OCH3 is 1. The summed E-state index contributed by atoms with van der Waals surface area (Å²) >= 11 is 1.28. The monoisotopic (exact) mass is 522 g/mol. The Kier molecular flexibility index (Phi) is 7.06. The Labute approximate surface area is 223 Å². The zero-order valence-corrected chi connectivity index (χ0v) is 21.1. The number of ether oxygens (including phenoxy) is 1. The zero-order chi connectivity index (χ0) is 26.6. The average Bonchev–Trinajstić information content (AvgIpc) is 2.95. The summed E-state index contributed by atoms with van der Waals surface area (Å²) in [6, 6.07) is 25.6. The fourth-order valence-corrected chi connectivity index (χ4v) is 4.97. The molecule has 1 aliphatic rings. The smallest absolute Gasteiger partial charge is 0.255 e. The van der Waals surface area contributed by atoms with Crippen LogP contribution in [-0.4, -0.2) is 36.2 Å². The van der Waals surface area contributed by atoms with Gasteiger partial charge in [0.1, 0.15) is 5.75 Å². The normalized spacial score (nSPS) is 11.8. The van der Waals surface area contributed by atoms with E-state index in [4.69, 9.17) is 4.74 Å². The summed E-state index contributed by atoms with van der Waals surface area (Å²) in [6.45, 7) is 0. The van der Waals surface area contributed by atoms with Crippen LogP contribution in [0.15, 0.2) is 95.9 Å². The van der Waals surface area contributed by atoms with Gasteiger partial charge in [-0.05, 0) is 42.5 Å². The number of thioether (sulfide) groups is 1. The van der Waals surface area contributed by atoms with Crippen molar-refractivity contribution in [1.82, 2.24) is 0 Å². The number of fused-ring (bicyclic) bond motifs is 2. The standard InChI is InChI=1S/C30H22N2O5S/c1-37-20-9-4-7-18(15-20)30(36)31-19-8-5-10-21(16-19)38-17-26(33)32-25-14-6-13-24-27(25)29(35)23-12-3-2-11-22(23)28(24)34/h2-16H,17H2,1H3,(H,31,36)(H,32,33). The number of hydrogen-bond acceptors (Lipinski definition) is 6. The highest BCUT2D eigenvalue weighted by molar-refractivity contribution is 8.00. The molecule has 188 valence electrons. The summed E-state index contributed by atoms with van der Waals surface area (Å²) in [5, 5.41) is 5.64. The highest BCUT2D eigenvalue weighted by atomic mass is 32.2. The van der Waals surface area contributed by atoms with E-state index < -0.39 is 0 Å². The molecule has 5 rings (SSSR count). The van der Waals surface area contributed by atoms with E-state index in [1.54, 1.807) is 84.9 Å². The van der Waals surface area contributed by atoms with Crippen LogP contribution in [0.3, 0.4) is 0 Å². The van der Waals surface area contributed by atoms with Crippen molar-refractivity contribution in [1.29, 1.82) is 0 Å². The average molecular weight is 523 g/mol. The van der Waals surface area contributed by atoms with Crippen molar-refractivity contribution in [3.8, 4) is 5.75 Å². The van der Waals surface area contributed by atoms with E-state index >= 15 is 0 Å². The number of rotatable bonds is 7. The number of carbonyl (C=O) groups excluding carboxylic acids is 4. The van der Waals surface area contributed by atoms with Crippen LogP contribution in [-0.2, 0) is 4.79 Å². The predicted molar refractivity (Wildman–Crippen MR) is 146 cm³/mol. The SMILES string of the molecule is COc1cccc(C(=O)Nc2cccc(SCC(=O)Nc3cccc4c3C(=O)c3ccccc3C4=O)c2)c1. The van der Waals surface area contributed by atoms with Crippen molar-refractivity contribution in [2.45, 2.75) is 4.90 Å². The number of anilines is 2. The van der Waals surface area contributed by atoms with E-state index in [1.165, 1.54) is 18.9 Å². The number of carbonyl (C=O) groups is 4. The molecule has 4 aromatic rings. The van der Waals surface area contributed by atoms with E-state index in [9.17, 15) is 19.2 Å². The fourth-order valence-electron chi connectivity index (χ4n) is 4.22. The third-order valence-electron chi connectivity index (χ3n) is 6.02. The van der Waals surface area contributed by atoms with Crippen LogP contribution in [0.5, 0.6) is 5.75 Å². The maximum Gasteiger partial charge on any atom is 0.255 e. The van der Waals surface area contributed by atoms with Crippen molar-refractivity contribution < 1.29 is 23.9 Å². The molecule has 4 aromatic carbocycles. The third kappa shape index (κ3) is 5.07. The molecule has 7 nitrogen and oxygen atoms in total. The maximum atomic E-state index is 13.1. The molecule has 0 aromatic heterocycles. The molecular weight excluding hydrogens is 500 g/mol. The molecule has 2 amide bonds. The van der Waals surface area contributed by atoms with E-state index in [0.717, 1.165) is 4.90 Å². The van der Waals surface area contributed by atoms with Crippen molar-refractivity contribution in [3.05, 3.63) is 119 Å². The molecule has 0 unspecified atom stereocenters. The van der Waals surface area contributed by atoms with E-state index in [0.29, 0.717) is 33.8 Å². The third-order valence-corrected chi connectivity index (χ3v) is 7.01.